The Morgan fingerprint density at radius 2 is 1.97 bits per heavy atom. The van der Waals surface area contributed by atoms with Crippen molar-refractivity contribution in [1.82, 2.24) is 10.2 Å². The standard InChI is InChI=1S/C22H18FN3O4/c1-2-10-28-18-9-8-15(23)13-17(18)20(27)24-16-6-3-5-14(12-16)21-25-26-22(30-21)19-7-4-11-29-19/h3-9,11-13H,2,10H2,1H3,(H,24,27). The summed E-state index contributed by atoms with van der Waals surface area (Å²) in [5, 5.41) is 10.7. The Labute approximate surface area is 171 Å². The summed E-state index contributed by atoms with van der Waals surface area (Å²) in [6.45, 7) is 2.38. The highest BCUT2D eigenvalue weighted by atomic mass is 19.1. The van der Waals surface area contributed by atoms with Gasteiger partial charge in [0.1, 0.15) is 11.6 Å². The van der Waals surface area contributed by atoms with Crippen LogP contribution in [0.4, 0.5) is 10.1 Å². The van der Waals surface area contributed by atoms with Crippen LogP contribution in [0.1, 0.15) is 23.7 Å². The Bertz CT molecular complexity index is 1150. The lowest BCUT2D eigenvalue weighted by atomic mass is 10.1. The number of hydrogen-bond acceptors (Lipinski definition) is 6. The monoisotopic (exact) mass is 407 g/mol. The Hall–Kier alpha value is -3.94. The van der Waals surface area contributed by atoms with Crippen molar-refractivity contribution >= 4 is 11.6 Å². The number of nitrogens with zero attached hydrogens (tertiary/aromatic N) is 2. The van der Waals surface area contributed by atoms with Crippen molar-refractivity contribution in [1.29, 1.82) is 0 Å². The molecule has 4 aromatic rings. The first kappa shape index (κ1) is 19.4. The predicted molar refractivity (Wildman–Crippen MR) is 108 cm³/mol. The maximum atomic E-state index is 13.7. The van der Waals surface area contributed by atoms with Gasteiger partial charge in [-0.15, -0.1) is 10.2 Å². The fourth-order valence-corrected chi connectivity index (χ4v) is 2.79. The lowest BCUT2D eigenvalue weighted by molar-refractivity contribution is 0.102. The van der Waals surface area contributed by atoms with Crippen LogP contribution in [0.5, 0.6) is 5.75 Å². The van der Waals surface area contributed by atoms with Crippen molar-refractivity contribution in [2.24, 2.45) is 0 Å². The largest absolute Gasteiger partial charge is 0.493 e. The Morgan fingerprint density at radius 3 is 2.77 bits per heavy atom. The number of rotatable bonds is 7. The van der Waals surface area contributed by atoms with Gasteiger partial charge in [0.15, 0.2) is 5.76 Å². The van der Waals surface area contributed by atoms with Crippen LogP contribution in [0.3, 0.4) is 0 Å². The lowest BCUT2D eigenvalue weighted by Gasteiger charge is -2.12. The predicted octanol–water partition coefficient (Wildman–Crippen LogP) is 5.18. The summed E-state index contributed by atoms with van der Waals surface area (Å²) in [6, 6.07) is 14.2. The van der Waals surface area contributed by atoms with Crippen LogP contribution in [0, 0.1) is 5.82 Å². The minimum Gasteiger partial charge on any atom is -0.493 e. The van der Waals surface area contributed by atoms with Gasteiger partial charge in [0, 0.05) is 11.3 Å². The highest BCUT2D eigenvalue weighted by molar-refractivity contribution is 6.06. The maximum Gasteiger partial charge on any atom is 0.283 e. The summed E-state index contributed by atoms with van der Waals surface area (Å²) in [6.07, 6.45) is 2.28. The summed E-state index contributed by atoms with van der Waals surface area (Å²) < 4.78 is 30.2. The van der Waals surface area contributed by atoms with E-state index in [0.29, 0.717) is 29.4 Å². The van der Waals surface area contributed by atoms with E-state index in [4.69, 9.17) is 13.6 Å². The van der Waals surface area contributed by atoms with Crippen LogP contribution in [0.15, 0.2) is 69.7 Å². The van der Waals surface area contributed by atoms with Crippen LogP contribution >= 0.6 is 0 Å². The normalized spacial score (nSPS) is 10.7. The molecular formula is C22H18FN3O4. The molecule has 0 spiro atoms. The summed E-state index contributed by atoms with van der Waals surface area (Å²) in [5.74, 6) is 0.307. The molecule has 8 heteroatoms. The first-order valence-electron chi connectivity index (χ1n) is 9.35. The van der Waals surface area contributed by atoms with E-state index in [1.54, 1.807) is 36.4 Å². The SMILES string of the molecule is CCCOc1ccc(F)cc1C(=O)Nc1cccc(-c2nnc(-c3ccco3)o2)c1. The molecule has 0 radical (unpaired) electrons. The van der Waals surface area contributed by atoms with Crippen LogP contribution in [-0.2, 0) is 0 Å². The highest BCUT2D eigenvalue weighted by Crippen LogP contribution is 2.27. The molecule has 152 valence electrons. The molecule has 2 aromatic heterocycles. The molecule has 2 aromatic carbocycles. The Balaban J connectivity index is 1.55. The molecule has 7 nitrogen and oxygen atoms in total. The molecule has 0 fully saturated rings. The van der Waals surface area contributed by atoms with E-state index in [-0.39, 0.29) is 17.3 Å². The second-order valence-electron chi connectivity index (χ2n) is 6.41. The van der Waals surface area contributed by atoms with E-state index < -0.39 is 11.7 Å². The third-order valence-electron chi connectivity index (χ3n) is 4.17. The molecular weight excluding hydrogens is 389 g/mol. The van der Waals surface area contributed by atoms with Gasteiger partial charge in [0.2, 0.25) is 5.89 Å². The van der Waals surface area contributed by atoms with E-state index >= 15 is 0 Å². The van der Waals surface area contributed by atoms with Gasteiger partial charge in [-0.25, -0.2) is 4.39 Å². The van der Waals surface area contributed by atoms with Crippen LogP contribution in [0.2, 0.25) is 0 Å². The highest BCUT2D eigenvalue weighted by Gasteiger charge is 2.16. The van der Waals surface area contributed by atoms with E-state index in [9.17, 15) is 9.18 Å². The molecule has 0 aliphatic heterocycles. The molecule has 0 saturated heterocycles. The fourth-order valence-electron chi connectivity index (χ4n) is 2.79. The number of benzene rings is 2. The average Bonchev–Trinajstić information content (AvgIpc) is 3.45. The van der Waals surface area contributed by atoms with Crippen molar-refractivity contribution in [3.8, 4) is 28.9 Å². The Morgan fingerprint density at radius 1 is 1.10 bits per heavy atom. The molecule has 0 bridgehead atoms. The molecule has 0 atom stereocenters. The van der Waals surface area contributed by atoms with Crippen LogP contribution < -0.4 is 10.1 Å². The topological polar surface area (TPSA) is 90.4 Å². The van der Waals surface area contributed by atoms with E-state index in [0.717, 1.165) is 12.5 Å². The van der Waals surface area contributed by atoms with Gasteiger partial charge in [-0.05, 0) is 55.0 Å². The molecule has 0 saturated carbocycles. The summed E-state index contributed by atoms with van der Waals surface area (Å²) >= 11 is 0. The van der Waals surface area contributed by atoms with Crippen molar-refractivity contribution in [2.75, 3.05) is 11.9 Å². The Kier molecular flexibility index (Phi) is 5.56. The zero-order valence-electron chi connectivity index (χ0n) is 16.1. The summed E-state index contributed by atoms with van der Waals surface area (Å²) in [4.78, 5) is 12.7. The first-order chi connectivity index (χ1) is 14.6. The smallest absolute Gasteiger partial charge is 0.283 e. The van der Waals surface area contributed by atoms with E-state index in [1.165, 1.54) is 18.4 Å². The van der Waals surface area contributed by atoms with Gasteiger partial charge >= 0.3 is 0 Å². The van der Waals surface area contributed by atoms with Crippen molar-refractivity contribution < 1.29 is 22.8 Å². The second kappa shape index (κ2) is 8.60. The van der Waals surface area contributed by atoms with Crippen LogP contribution in [-0.4, -0.2) is 22.7 Å². The third kappa shape index (κ3) is 4.22. The van der Waals surface area contributed by atoms with E-state index in [1.807, 2.05) is 6.92 Å². The second-order valence-corrected chi connectivity index (χ2v) is 6.41. The number of ether oxygens (including phenoxy) is 1. The molecule has 1 N–H and O–H groups in total. The molecule has 0 aliphatic carbocycles. The molecule has 4 rings (SSSR count). The molecule has 1 amide bonds. The van der Waals surface area contributed by atoms with Gasteiger partial charge in [-0.3, -0.25) is 4.79 Å². The minimum atomic E-state index is -0.519. The molecule has 2 heterocycles. The number of hydrogen-bond donors (Lipinski definition) is 1. The van der Waals surface area contributed by atoms with Gasteiger partial charge in [0.05, 0.1) is 18.4 Å². The maximum absolute atomic E-state index is 13.7. The van der Waals surface area contributed by atoms with Crippen molar-refractivity contribution in [3.05, 3.63) is 72.2 Å². The molecule has 0 unspecified atom stereocenters. The van der Waals surface area contributed by atoms with Gasteiger partial charge in [-0.1, -0.05) is 13.0 Å². The minimum absolute atomic E-state index is 0.117. The zero-order chi connectivity index (χ0) is 20.9. The average molecular weight is 407 g/mol. The summed E-state index contributed by atoms with van der Waals surface area (Å²) in [5.41, 5.74) is 1.22. The number of anilines is 1. The van der Waals surface area contributed by atoms with Gasteiger partial charge in [0.25, 0.3) is 11.8 Å². The number of nitrogens with one attached hydrogen (secondary N) is 1. The quantitative estimate of drug-likeness (QED) is 0.454. The van der Waals surface area contributed by atoms with Gasteiger partial charge < -0.3 is 18.9 Å². The lowest BCUT2D eigenvalue weighted by Crippen LogP contribution is -2.14. The number of amides is 1. The van der Waals surface area contributed by atoms with Gasteiger partial charge in [-0.2, -0.15) is 0 Å². The number of halogens is 1. The number of furan rings is 1. The number of carbonyl (C=O) groups excluding carboxylic acids is 1. The fraction of sp³-hybridized carbons (Fsp3) is 0.136. The van der Waals surface area contributed by atoms with Crippen molar-refractivity contribution in [2.45, 2.75) is 13.3 Å². The zero-order valence-corrected chi connectivity index (χ0v) is 16.1. The third-order valence-corrected chi connectivity index (χ3v) is 4.17. The molecule has 0 aliphatic rings. The van der Waals surface area contributed by atoms with E-state index in [2.05, 4.69) is 15.5 Å². The summed E-state index contributed by atoms with van der Waals surface area (Å²) in [7, 11) is 0. The first-order valence-corrected chi connectivity index (χ1v) is 9.35. The number of aromatic nitrogens is 2. The number of carbonyl (C=O) groups is 1. The molecule has 30 heavy (non-hydrogen) atoms. The van der Waals surface area contributed by atoms with Crippen molar-refractivity contribution in [3.63, 3.8) is 0 Å². The van der Waals surface area contributed by atoms with Crippen LogP contribution in [0.25, 0.3) is 23.1 Å².